The third-order valence-electron chi connectivity index (χ3n) is 8.25. The average Bonchev–Trinajstić information content (AvgIpc) is 3.69. The molecule has 0 bridgehead atoms. The topological polar surface area (TPSA) is 65.2 Å². The largest absolute Gasteiger partial charge is 0.464 e. The molecular weight excluding hydrogens is 552 g/mol. The number of hydrogen-bond acceptors (Lipinski definition) is 5. The maximum Gasteiger partial charge on any atom is 0.337 e. The Labute approximate surface area is 242 Å². The van der Waals surface area contributed by atoms with Gasteiger partial charge in [0.2, 0.25) is 0 Å². The highest BCUT2D eigenvalue weighted by atomic mass is 35.5. The Kier molecular flexibility index (Phi) is 7.59. The molecule has 1 saturated heterocycles. The lowest BCUT2D eigenvalue weighted by atomic mass is 9.87. The fraction of sp³-hybridized carbons (Fsp3) is 0.433. The van der Waals surface area contributed by atoms with Crippen LogP contribution in [0, 0.1) is 0 Å². The van der Waals surface area contributed by atoms with Gasteiger partial charge in [0.15, 0.2) is 6.04 Å². The highest BCUT2D eigenvalue weighted by Crippen LogP contribution is 2.40. The number of rotatable bonds is 7. The number of esters is 1. The van der Waals surface area contributed by atoms with Crippen LogP contribution in [0.15, 0.2) is 42.9 Å². The molecule has 0 amide bonds. The number of aryl methyl sites for hydroxylation is 1. The highest BCUT2D eigenvalue weighted by molar-refractivity contribution is 6.42. The van der Waals surface area contributed by atoms with Gasteiger partial charge in [-0.3, -0.25) is 4.68 Å². The molecule has 3 atom stereocenters. The fourth-order valence-corrected chi connectivity index (χ4v) is 6.66. The first-order valence-corrected chi connectivity index (χ1v) is 14.7. The molecule has 40 heavy (non-hydrogen) atoms. The molecule has 1 unspecified atom stereocenters. The van der Waals surface area contributed by atoms with Crippen LogP contribution in [-0.2, 0) is 22.5 Å². The molecule has 1 fully saturated rings. The van der Waals surface area contributed by atoms with Crippen LogP contribution in [0.1, 0.15) is 55.6 Å². The molecule has 0 aliphatic carbocycles. The number of imidazole rings is 1. The van der Waals surface area contributed by atoms with Gasteiger partial charge < -0.3 is 14.2 Å². The molecule has 7 nitrogen and oxygen atoms in total. The van der Waals surface area contributed by atoms with E-state index in [-0.39, 0.29) is 12.5 Å². The van der Waals surface area contributed by atoms with Gasteiger partial charge in [-0.15, -0.1) is 0 Å². The molecule has 4 aromatic rings. The normalized spacial score (nSPS) is 20.1. The zero-order valence-corrected chi connectivity index (χ0v) is 24.1. The van der Waals surface area contributed by atoms with E-state index in [4.69, 9.17) is 33.0 Å². The summed E-state index contributed by atoms with van der Waals surface area (Å²) in [7, 11) is 0. The number of ether oxygens (including phenoxy) is 1. The lowest BCUT2D eigenvalue weighted by Gasteiger charge is -2.34. The summed E-state index contributed by atoms with van der Waals surface area (Å²) in [6.45, 7) is 7.21. The predicted octanol–water partition coefficient (Wildman–Crippen LogP) is 6.45. The highest BCUT2D eigenvalue weighted by Gasteiger charge is 2.33. The zero-order chi connectivity index (χ0) is 28.0. The Bertz CT molecular complexity index is 1550. The van der Waals surface area contributed by atoms with Crippen LogP contribution in [0.5, 0.6) is 0 Å². The van der Waals surface area contributed by atoms with Crippen LogP contribution in [0.25, 0.3) is 22.0 Å². The Balaban J connectivity index is 1.35. The third kappa shape index (κ3) is 4.80. The van der Waals surface area contributed by atoms with E-state index in [1.165, 1.54) is 0 Å². The van der Waals surface area contributed by atoms with Gasteiger partial charge in [0, 0.05) is 41.8 Å². The molecule has 0 N–H and O–H groups in total. The first-order valence-electron chi connectivity index (χ1n) is 13.9. The van der Waals surface area contributed by atoms with Crippen molar-refractivity contribution in [3.05, 3.63) is 69.9 Å². The van der Waals surface area contributed by atoms with Crippen molar-refractivity contribution in [3.63, 3.8) is 0 Å². The molecule has 0 saturated carbocycles. The SMILES string of the molecule is CCOC(=O)C(c1ncn2c1CCC2)n1cc2c(Cl)cc(-c3ccc([C@H]4CCN(CC)C[C@@H]4F)cc3)c(Cl)c2n1. The number of aromatic nitrogens is 4. The zero-order valence-electron chi connectivity index (χ0n) is 22.6. The minimum atomic E-state index is -0.887. The van der Waals surface area contributed by atoms with Crippen molar-refractivity contribution in [1.29, 1.82) is 0 Å². The summed E-state index contributed by atoms with van der Waals surface area (Å²) in [6.07, 6.45) is 5.27. The van der Waals surface area contributed by atoms with Crippen LogP contribution in [0.4, 0.5) is 4.39 Å². The lowest BCUT2D eigenvalue weighted by molar-refractivity contribution is -0.146. The maximum absolute atomic E-state index is 14.9. The average molecular weight is 585 g/mol. The first-order chi connectivity index (χ1) is 19.4. The number of carbonyl (C=O) groups is 1. The summed E-state index contributed by atoms with van der Waals surface area (Å²) in [5, 5.41) is 6.30. The molecule has 2 aromatic carbocycles. The minimum Gasteiger partial charge on any atom is -0.464 e. The smallest absolute Gasteiger partial charge is 0.337 e. The van der Waals surface area contributed by atoms with Crippen molar-refractivity contribution < 1.29 is 13.9 Å². The van der Waals surface area contributed by atoms with Gasteiger partial charge >= 0.3 is 5.97 Å². The molecule has 2 aliphatic rings. The number of likely N-dealkylation sites (tertiary alicyclic amines) is 1. The molecule has 0 spiro atoms. The number of alkyl halides is 1. The quantitative estimate of drug-likeness (QED) is 0.234. The molecule has 10 heteroatoms. The van der Waals surface area contributed by atoms with E-state index in [0.717, 1.165) is 61.3 Å². The Morgan fingerprint density at radius 2 is 2.00 bits per heavy atom. The van der Waals surface area contributed by atoms with Gasteiger partial charge in [0.05, 0.1) is 28.7 Å². The van der Waals surface area contributed by atoms with Crippen LogP contribution in [-0.4, -0.2) is 62.6 Å². The van der Waals surface area contributed by atoms with Crippen molar-refractivity contribution in [2.45, 2.75) is 57.8 Å². The van der Waals surface area contributed by atoms with Gasteiger partial charge in [0.1, 0.15) is 11.7 Å². The van der Waals surface area contributed by atoms with Crippen molar-refractivity contribution in [2.24, 2.45) is 0 Å². The van der Waals surface area contributed by atoms with E-state index in [1.807, 2.05) is 30.3 Å². The van der Waals surface area contributed by atoms with E-state index in [0.29, 0.717) is 33.2 Å². The fourth-order valence-electron chi connectivity index (χ4n) is 6.11. The lowest BCUT2D eigenvalue weighted by Crippen LogP contribution is -2.40. The number of hydrogen-bond donors (Lipinski definition) is 0. The van der Waals surface area contributed by atoms with Gasteiger partial charge in [0.25, 0.3) is 0 Å². The van der Waals surface area contributed by atoms with E-state index in [2.05, 4.69) is 21.4 Å². The summed E-state index contributed by atoms with van der Waals surface area (Å²) >= 11 is 13.7. The van der Waals surface area contributed by atoms with Gasteiger partial charge in [-0.05, 0) is 56.5 Å². The molecule has 2 aromatic heterocycles. The van der Waals surface area contributed by atoms with Crippen molar-refractivity contribution in [3.8, 4) is 11.1 Å². The molecule has 4 heterocycles. The Morgan fingerprint density at radius 1 is 1.20 bits per heavy atom. The number of fused-ring (bicyclic) bond motifs is 2. The number of carbonyl (C=O) groups excluding carboxylic acids is 1. The first kappa shape index (κ1) is 27.2. The van der Waals surface area contributed by atoms with Gasteiger partial charge in [-0.1, -0.05) is 54.4 Å². The van der Waals surface area contributed by atoms with E-state index in [1.54, 1.807) is 24.1 Å². The van der Waals surface area contributed by atoms with Crippen molar-refractivity contribution in [1.82, 2.24) is 24.2 Å². The summed E-state index contributed by atoms with van der Waals surface area (Å²) in [4.78, 5) is 19.9. The van der Waals surface area contributed by atoms with Gasteiger partial charge in [-0.2, -0.15) is 5.10 Å². The van der Waals surface area contributed by atoms with Crippen molar-refractivity contribution >= 4 is 40.1 Å². The molecule has 210 valence electrons. The summed E-state index contributed by atoms with van der Waals surface area (Å²) in [5.74, 6) is -0.541. The van der Waals surface area contributed by atoms with Crippen LogP contribution in [0.3, 0.4) is 0 Å². The summed E-state index contributed by atoms with van der Waals surface area (Å²) in [6, 6.07) is 8.87. The standard InChI is InChI=1S/C30H32Cl2FN5O2/c1-3-36-13-11-20(24(33)16-36)18-7-9-19(10-8-18)21-14-23(31)22-15-38(35-27(22)26(21)32)29(30(39)40-4-2)28-25-6-5-12-37(25)17-34-28/h7-10,14-15,17,20,24,29H,3-6,11-13,16H2,1-2H3/t20-,24+,29?/m1/s1. The molecule has 2 aliphatic heterocycles. The number of halogens is 3. The number of nitrogens with zero attached hydrogens (tertiary/aromatic N) is 5. The predicted molar refractivity (Wildman–Crippen MR) is 155 cm³/mol. The number of benzene rings is 2. The summed E-state index contributed by atoms with van der Waals surface area (Å²) in [5.41, 5.74) is 4.74. The van der Waals surface area contributed by atoms with Crippen molar-refractivity contribution in [2.75, 3.05) is 26.2 Å². The summed E-state index contributed by atoms with van der Waals surface area (Å²) < 4.78 is 24.0. The minimum absolute atomic E-state index is 0.113. The Morgan fingerprint density at radius 3 is 2.73 bits per heavy atom. The van der Waals surface area contributed by atoms with Crippen LogP contribution in [0.2, 0.25) is 10.0 Å². The Hall–Kier alpha value is -2.94. The molecular formula is C30H32Cl2FN5O2. The molecule has 0 radical (unpaired) electrons. The monoisotopic (exact) mass is 583 g/mol. The second-order valence-electron chi connectivity index (χ2n) is 10.5. The second kappa shape index (κ2) is 11.1. The third-order valence-corrected chi connectivity index (χ3v) is 8.95. The second-order valence-corrected chi connectivity index (χ2v) is 11.3. The van der Waals surface area contributed by atoms with E-state index in [9.17, 15) is 9.18 Å². The molecule has 6 rings (SSSR count). The van der Waals surface area contributed by atoms with E-state index < -0.39 is 18.2 Å². The van der Waals surface area contributed by atoms with Gasteiger partial charge in [-0.25, -0.2) is 14.2 Å². The van der Waals surface area contributed by atoms with Crippen LogP contribution >= 0.6 is 23.2 Å². The number of piperidine rings is 1. The van der Waals surface area contributed by atoms with Crippen LogP contribution < -0.4 is 0 Å². The van der Waals surface area contributed by atoms with E-state index >= 15 is 0 Å². The maximum atomic E-state index is 14.9.